The molecule has 0 bridgehead atoms. The van der Waals surface area contributed by atoms with Gasteiger partial charge in [0, 0.05) is 23.8 Å². The third-order valence-corrected chi connectivity index (χ3v) is 5.30. The molecule has 0 aliphatic heterocycles. The molecule has 0 spiro atoms. The third-order valence-electron chi connectivity index (χ3n) is 4.54. The molecule has 3 rings (SSSR count). The number of hydrogen-bond donors (Lipinski definition) is 2. The van der Waals surface area contributed by atoms with Crippen molar-refractivity contribution in [2.45, 2.75) is 37.8 Å². The third kappa shape index (κ3) is 5.58. The smallest absolute Gasteiger partial charge is 0.253 e. The summed E-state index contributed by atoms with van der Waals surface area (Å²) in [4.78, 5) is 16.7. The maximum atomic E-state index is 13.3. The Morgan fingerprint density at radius 3 is 2.63 bits per heavy atom. The highest BCUT2D eigenvalue weighted by molar-refractivity contribution is 7.88. The number of hydrogen-bond acceptors (Lipinski definition) is 4. The number of sulfonamides is 1. The Labute approximate surface area is 158 Å². The summed E-state index contributed by atoms with van der Waals surface area (Å²) in [6.07, 6.45) is 5.58. The van der Waals surface area contributed by atoms with Gasteiger partial charge in [-0.05, 0) is 49.9 Å². The van der Waals surface area contributed by atoms with Gasteiger partial charge >= 0.3 is 0 Å². The Balaban J connectivity index is 1.62. The van der Waals surface area contributed by atoms with Crippen molar-refractivity contribution in [2.75, 3.05) is 6.26 Å². The second-order valence-electron chi connectivity index (χ2n) is 6.87. The van der Waals surface area contributed by atoms with Crippen molar-refractivity contribution in [1.82, 2.24) is 15.0 Å². The summed E-state index contributed by atoms with van der Waals surface area (Å²) in [7, 11) is -3.26. The fourth-order valence-corrected chi connectivity index (χ4v) is 4.17. The first kappa shape index (κ1) is 19.4. The fraction of sp³-hybridized carbons (Fsp3) is 0.368. The lowest BCUT2D eigenvalue weighted by Gasteiger charge is -2.29. The maximum absolute atomic E-state index is 13.3. The van der Waals surface area contributed by atoms with Crippen molar-refractivity contribution >= 4 is 15.9 Å². The van der Waals surface area contributed by atoms with Crippen LogP contribution in [0.2, 0.25) is 0 Å². The van der Waals surface area contributed by atoms with Gasteiger partial charge in [-0.25, -0.2) is 17.5 Å². The minimum atomic E-state index is -3.26. The van der Waals surface area contributed by atoms with E-state index in [2.05, 4.69) is 15.0 Å². The van der Waals surface area contributed by atoms with E-state index in [1.54, 1.807) is 24.3 Å². The first-order valence-corrected chi connectivity index (χ1v) is 10.7. The van der Waals surface area contributed by atoms with Gasteiger partial charge in [0.05, 0.1) is 17.5 Å². The molecule has 27 heavy (non-hydrogen) atoms. The zero-order valence-electron chi connectivity index (χ0n) is 15.0. The molecular formula is C19H22FN3O3S. The van der Waals surface area contributed by atoms with Crippen LogP contribution in [0.5, 0.6) is 0 Å². The van der Waals surface area contributed by atoms with Crippen molar-refractivity contribution in [3.8, 4) is 11.3 Å². The molecule has 1 heterocycles. The molecule has 1 aliphatic rings. The van der Waals surface area contributed by atoms with E-state index in [9.17, 15) is 17.6 Å². The molecule has 1 aromatic heterocycles. The molecule has 144 valence electrons. The highest BCUT2D eigenvalue weighted by Crippen LogP contribution is 2.21. The first-order chi connectivity index (χ1) is 12.8. The van der Waals surface area contributed by atoms with Crippen LogP contribution in [0.15, 0.2) is 42.6 Å². The van der Waals surface area contributed by atoms with Crippen LogP contribution in [-0.2, 0) is 10.0 Å². The van der Waals surface area contributed by atoms with Crippen LogP contribution < -0.4 is 10.0 Å². The molecule has 1 aromatic carbocycles. The van der Waals surface area contributed by atoms with Gasteiger partial charge in [-0.2, -0.15) is 0 Å². The quantitative estimate of drug-likeness (QED) is 0.820. The zero-order valence-corrected chi connectivity index (χ0v) is 15.8. The number of nitrogens with zero attached hydrogens (tertiary/aromatic N) is 1. The Morgan fingerprint density at radius 2 is 1.96 bits per heavy atom. The van der Waals surface area contributed by atoms with E-state index in [0.29, 0.717) is 23.2 Å². The molecule has 1 fully saturated rings. The SMILES string of the molecule is CS(=O)(=O)N[C@@H]1CCC[C@H](NC(=O)c2ccc(-c3cccc(F)c3)nc2)C1. The Morgan fingerprint density at radius 1 is 1.19 bits per heavy atom. The van der Waals surface area contributed by atoms with Crippen LogP contribution in [0, 0.1) is 5.82 Å². The topological polar surface area (TPSA) is 88.2 Å². The Kier molecular flexibility index (Phi) is 5.86. The minimum absolute atomic E-state index is 0.0894. The number of pyridine rings is 1. The highest BCUT2D eigenvalue weighted by Gasteiger charge is 2.25. The Hall–Kier alpha value is -2.32. The van der Waals surface area contributed by atoms with Gasteiger partial charge in [-0.15, -0.1) is 0 Å². The molecule has 1 saturated carbocycles. The van der Waals surface area contributed by atoms with E-state index in [0.717, 1.165) is 25.5 Å². The fourth-order valence-electron chi connectivity index (χ4n) is 3.35. The summed E-state index contributed by atoms with van der Waals surface area (Å²) in [6.45, 7) is 0. The van der Waals surface area contributed by atoms with Crippen molar-refractivity contribution in [1.29, 1.82) is 0 Å². The second-order valence-corrected chi connectivity index (χ2v) is 8.65. The van der Waals surface area contributed by atoms with E-state index in [4.69, 9.17) is 0 Å². The summed E-state index contributed by atoms with van der Waals surface area (Å²) in [5.41, 5.74) is 1.64. The molecule has 0 unspecified atom stereocenters. The monoisotopic (exact) mass is 391 g/mol. The lowest BCUT2D eigenvalue weighted by atomic mass is 9.91. The lowest BCUT2D eigenvalue weighted by molar-refractivity contribution is 0.0924. The number of carbonyl (C=O) groups is 1. The standard InChI is InChI=1S/C19H22FN3O3S/c1-27(25,26)23-17-7-3-6-16(11-17)22-19(24)14-8-9-18(21-12-14)13-4-2-5-15(20)10-13/h2,4-5,8-10,12,16-17,23H,3,6-7,11H2,1H3,(H,22,24)/t16-,17+/m0/s1. The number of benzene rings is 1. The summed E-state index contributed by atoms with van der Waals surface area (Å²) in [6, 6.07) is 9.19. The average Bonchev–Trinajstić information content (AvgIpc) is 2.61. The Bertz CT molecular complexity index is 916. The molecule has 0 saturated heterocycles. The van der Waals surface area contributed by atoms with Crippen LogP contribution in [0.4, 0.5) is 4.39 Å². The molecule has 1 aliphatic carbocycles. The summed E-state index contributed by atoms with van der Waals surface area (Å²) < 4.78 is 38.7. The zero-order chi connectivity index (χ0) is 19.4. The lowest BCUT2D eigenvalue weighted by Crippen LogP contribution is -2.45. The van der Waals surface area contributed by atoms with Gasteiger partial charge in [-0.3, -0.25) is 9.78 Å². The van der Waals surface area contributed by atoms with E-state index in [1.165, 1.54) is 18.3 Å². The molecule has 6 nitrogen and oxygen atoms in total. The molecule has 8 heteroatoms. The van der Waals surface area contributed by atoms with Gasteiger partial charge < -0.3 is 5.32 Å². The van der Waals surface area contributed by atoms with Crippen LogP contribution >= 0.6 is 0 Å². The maximum Gasteiger partial charge on any atom is 0.253 e. The largest absolute Gasteiger partial charge is 0.349 e. The van der Waals surface area contributed by atoms with Crippen molar-refractivity contribution in [3.63, 3.8) is 0 Å². The molecule has 2 N–H and O–H groups in total. The highest BCUT2D eigenvalue weighted by atomic mass is 32.2. The van der Waals surface area contributed by atoms with Gasteiger partial charge in [0.2, 0.25) is 10.0 Å². The van der Waals surface area contributed by atoms with Crippen molar-refractivity contribution in [2.24, 2.45) is 0 Å². The van der Waals surface area contributed by atoms with E-state index >= 15 is 0 Å². The van der Waals surface area contributed by atoms with Crippen LogP contribution in [0.1, 0.15) is 36.0 Å². The van der Waals surface area contributed by atoms with Gasteiger partial charge in [0.15, 0.2) is 0 Å². The number of nitrogens with one attached hydrogen (secondary N) is 2. The van der Waals surface area contributed by atoms with Crippen molar-refractivity contribution < 1.29 is 17.6 Å². The number of halogens is 1. The normalized spacial score (nSPS) is 20.2. The predicted octanol–water partition coefficient (Wildman–Crippen LogP) is 2.48. The van der Waals surface area contributed by atoms with Crippen LogP contribution in [-0.4, -0.2) is 37.6 Å². The molecule has 0 radical (unpaired) electrons. The van der Waals surface area contributed by atoms with Crippen molar-refractivity contribution in [3.05, 3.63) is 54.0 Å². The summed E-state index contributed by atoms with van der Waals surface area (Å²) in [5, 5.41) is 2.95. The van der Waals surface area contributed by atoms with Gasteiger partial charge in [-0.1, -0.05) is 12.1 Å². The van der Waals surface area contributed by atoms with Gasteiger partial charge in [0.1, 0.15) is 5.82 Å². The molecular weight excluding hydrogens is 369 g/mol. The average molecular weight is 391 g/mol. The van der Waals surface area contributed by atoms with Gasteiger partial charge in [0.25, 0.3) is 5.91 Å². The molecule has 2 atom stereocenters. The summed E-state index contributed by atoms with van der Waals surface area (Å²) in [5.74, 6) is -0.594. The predicted molar refractivity (Wildman–Crippen MR) is 101 cm³/mol. The molecule has 1 amide bonds. The van der Waals surface area contributed by atoms with Crippen LogP contribution in [0.3, 0.4) is 0 Å². The number of rotatable bonds is 5. The van der Waals surface area contributed by atoms with E-state index in [1.807, 2.05) is 0 Å². The number of amides is 1. The molecule has 2 aromatic rings. The minimum Gasteiger partial charge on any atom is -0.349 e. The number of carbonyl (C=O) groups excluding carboxylic acids is 1. The number of aromatic nitrogens is 1. The first-order valence-electron chi connectivity index (χ1n) is 8.80. The second kappa shape index (κ2) is 8.14. The summed E-state index contributed by atoms with van der Waals surface area (Å²) >= 11 is 0. The van der Waals surface area contributed by atoms with Crippen LogP contribution in [0.25, 0.3) is 11.3 Å². The van der Waals surface area contributed by atoms with E-state index in [-0.39, 0.29) is 23.8 Å². The van der Waals surface area contributed by atoms with E-state index < -0.39 is 10.0 Å².